The van der Waals surface area contributed by atoms with E-state index in [9.17, 15) is 0 Å². The molecule has 10 aromatic rings. The maximum Gasteiger partial charge on any atom is 0.227 e. The zero-order valence-corrected chi connectivity index (χ0v) is 25.5. The number of furan rings is 2. The molecule has 0 aliphatic carbocycles. The monoisotopic (exact) mass is 616 g/mol. The molecule has 0 saturated carbocycles. The summed E-state index contributed by atoms with van der Waals surface area (Å²) in [7, 11) is 0. The van der Waals surface area contributed by atoms with Crippen LogP contribution in [0.3, 0.4) is 0 Å². The van der Waals surface area contributed by atoms with E-state index in [2.05, 4.69) is 65.6 Å². The Hall–Kier alpha value is -6.66. The molecule has 0 atom stereocenters. The summed E-state index contributed by atoms with van der Waals surface area (Å²) in [5.41, 5.74) is 8.00. The number of rotatable bonds is 4. The summed E-state index contributed by atoms with van der Waals surface area (Å²) in [4.78, 5) is 19.7. The third-order valence-electron chi connectivity index (χ3n) is 9.02. The van der Waals surface area contributed by atoms with Gasteiger partial charge >= 0.3 is 0 Å². The van der Waals surface area contributed by atoms with Gasteiger partial charge in [0.2, 0.25) is 5.71 Å². The molecule has 0 bridgehead atoms. The van der Waals surface area contributed by atoms with Gasteiger partial charge in [-0.15, -0.1) is 0 Å². The number of aromatic nitrogens is 4. The van der Waals surface area contributed by atoms with E-state index in [1.165, 1.54) is 0 Å². The molecule has 0 unspecified atom stereocenters. The highest BCUT2D eigenvalue weighted by Crippen LogP contribution is 2.40. The van der Waals surface area contributed by atoms with E-state index >= 15 is 0 Å². The minimum absolute atomic E-state index is 0.593. The first kappa shape index (κ1) is 26.5. The lowest BCUT2D eigenvalue weighted by Gasteiger charge is -2.11. The average Bonchev–Trinajstić information content (AvgIpc) is 3.73. The fourth-order valence-electron chi connectivity index (χ4n) is 6.83. The summed E-state index contributed by atoms with van der Waals surface area (Å²) in [6, 6.07) is 47.1. The van der Waals surface area contributed by atoms with Crippen molar-refractivity contribution in [1.29, 1.82) is 0 Å². The Bertz CT molecular complexity index is 2850. The van der Waals surface area contributed by atoms with Crippen LogP contribution in [0.2, 0.25) is 0 Å². The molecule has 0 aliphatic rings. The lowest BCUT2D eigenvalue weighted by molar-refractivity contribution is 0.654. The largest absolute Gasteiger partial charge is 0.456 e. The maximum atomic E-state index is 6.20. The second-order valence-corrected chi connectivity index (χ2v) is 11.8. The Morgan fingerprint density at radius 2 is 1.06 bits per heavy atom. The van der Waals surface area contributed by atoms with Gasteiger partial charge in [0.05, 0.1) is 5.39 Å². The number of hydrogen-bond donors (Lipinski definition) is 0. The Labute approximate surface area is 274 Å². The van der Waals surface area contributed by atoms with Gasteiger partial charge in [-0.3, -0.25) is 0 Å². The third-order valence-corrected chi connectivity index (χ3v) is 9.02. The SMILES string of the molecule is c1ccc(-c2nc(-c3ccc4c(-c5ccnc6oc7ccccc7c56)cccc4c3)nc(-c3cccc4oc5ccccc5c34)n2)cc1. The molecule has 0 fully saturated rings. The first-order valence-electron chi connectivity index (χ1n) is 15.8. The summed E-state index contributed by atoms with van der Waals surface area (Å²) in [5.74, 6) is 1.80. The molecule has 4 heterocycles. The summed E-state index contributed by atoms with van der Waals surface area (Å²) in [6.07, 6.45) is 1.81. The van der Waals surface area contributed by atoms with Gasteiger partial charge in [0.15, 0.2) is 17.5 Å². The van der Waals surface area contributed by atoms with Gasteiger partial charge in [-0.2, -0.15) is 0 Å². The van der Waals surface area contributed by atoms with Crippen molar-refractivity contribution >= 4 is 54.8 Å². The standard InChI is InChI=1S/C42H24N4O2/c1-2-10-25(11-3-1)39-44-40(46-41(45-39)33-16-9-19-36-37(33)31-13-4-6-17-34(31)47-36)27-20-21-28-26(24-27)12-8-15-29(28)30-22-23-43-42-38(30)32-14-5-7-18-35(32)48-42/h1-24H. The van der Waals surface area contributed by atoms with Crippen molar-refractivity contribution in [3.8, 4) is 45.3 Å². The van der Waals surface area contributed by atoms with Gasteiger partial charge < -0.3 is 8.83 Å². The molecule has 0 saturated heterocycles. The smallest absolute Gasteiger partial charge is 0.227 e. The zero-order valence-electron chi connectivity index (χ0n) is 25.5. The van der Waals surface area contributed by atoms with E-state index in [1.807, 2.05) is 85.1 Å². The quantitative estimate of drug-likeness (QED) is 0.196. The predicted octanol–water partition coefficient (Wildman–Crippen LogP) is 10.9. The van der Waals surface area contributed by atoms with Crippen LogP contribution in [0.15, 0.2) is 155 Å². The number of fused-ring (bicyclic) bond motifs is 7. The lowest BCUT2D eigenvalue weighted by atomic mass is 9.95. The number of pyridine rings is 1. The third kappa shape index (κ3) is 4.13. The van der Waals surface area contributed by atoms with Crippen LogP contribution in [0.4, 0.5) is 0 Å². The molecule has 10 rings (SSSR count). The van der Waals surface area contributed by atoms with Crippen LogP contribution < -0.4 is 0 Å². The molecule has 224 valence electrons. The molecule has 4 aromatic heterocycles. The first-order chi connectivity index (χ1) is 23.8. The molecular weight excluding hydrogens is 592 g/mol. The molecule has 48 heavy (non-hydrogen) atoms. The Balaban J connectivity index is 1.17. The lowest BCUT2D eigenvalue weighted by Crippen LogP contribution is -2.00. The van der Waals surface area contributed by atoms with E-state index in [0.29, 0.717) is 23.2 Å². The van der Waals surface area contributed by atoms with Gasteiger partial charge in [-0.25, -0.2) is 19.9 Å². The van der Waals surface area contributed by atoms with Crippen molar-refractivity contribution in [3.05, 3.63) is 146 Å². The van der Waals surface area contributed by atoms with E-state index < -0.39 is 0 Å². The Morgan fingerprint density at radius 1 is 0.396 bits per heavy atom. The normalized spacial score (nSPS) is 11.8. The van der Waals surface area contributed by atoms with E-state index in [0.717, 1.165) is 76.9 Å². The first-order valence-corrected chi connectivity index (χ1v) is 15.8. The summed E-state index contributed by atoms with van der Waals surface area (Å²) < 4.78 is 12.3. The van der Waals surface area contributed by atoms with Crippen LogP contribution in [0.5, 0.6) is 0 Å². The van der Waals surface area contributed by atoms with Crippen molar-refractivity contribution in [3.63, 3.8) is 0 Å². The van der Waals surface area contributed by atoms with Crippen molar-refractivity contribution < 1.29 is 8.83 Å². The van der Waals surface area contributed by atoms with Gasteiger partial charge in [0, 0.05) is 39.0 Å². The van der Waals surface area contributed by atoms with Crippen molar-refractivity contribution in [2.24, 2.45) is 0 Å². The predicted molar refractivity (Wildman–Crippen MR) is 191 cm³/mol. The Morgan fingerprint density at radius 3 is 1.92 bits per heavy atom. The molecule has 0 amide bonds. The molecule has 0 aliphatic heterocycles. The topological polar surface area (TPSA) is 77.8 Å². The van der Waals surface area contributed by atoms with E-state index in [4.69, 9.17) is 23.8 Å². The van der Waals surface area contributed by atoms with Gasteiger partial charge in [0.25, 0.3) is 0 Å². The van der Waals surface area contributed by atoms with Crippen LogP contribution in [-0.4, -0.2) is 19.9 Å². The number of benzene rings is 6. The van der Waals surface area contributed by atoms with Crippen LogP contribution in [-0.2, 0) is 0 Å². The molecule has 6 heteroatoms. The average molecular weight is 617 g/mol. The van der Waals surface area contributed by atoms with Crippen molar-refractivity contribution in [1.82, 2.24) is 19.9 Å². The highest BCUT2D eigenvalue weighted by atomic mass is 16.3. The highest BCUT2D eigenvalue weighted by molar-refractivity contribution is 6.14. The molecule has 6 aromatic carbocycles. The van der Waals surface area contributed by atoms with Crippen LogP contribution in [0.25, 0.3) is 100 Å². The fourth-order valence-corrected chi connectivity index (χ4v) is 6.83. The molecular formula is C42H24N4O2. The molecule has 6 nitrogen and oxygen atoms in total. The van der Waals surface area contributed by atoms with E-state index in [1.54, 1.807) is 0 Å². The molecule has 0 N–H and O–H groups in total. The van der Waals surface area contributed by atoms with Crippen LogP contribution in [0, 0.1) is 0 Å². The minimum Gasteiger partial charge on any atom is -0.456 e. The zero-order chi connectivity index (χ0) is 31.6. The van der Waals surface area contributed by atoms with Crippen LogP contribution in [0.1, 0.15) is 0 Å². The molecule has 0 spiro atoms. The number of hydrogen-bond acceptors (Lipinski definition) is 6. The van der Waals surface area contributed by atoms with Gasteiger partial charge in [-0.05, 0) is 52.2 Å². The minimum atomic E-state index is 0.593. The Kier molecular flexibility index (Phi) is 5.77. The van der Waals surface area contributed by atoms with Crippen molar-refractivity contribution in [2.75, 3.05) is 0 Å². The summed E-state index contributed by atoms with van der Waals surface area (Å²) in [5, 5.41) is 6.28. The second kappa shape index (κ2) is 10.4. The number of para-hydroxylation sites is 2. The second-order valence-electron chi connectivity index (χ2n) is 11.8. The fraction of sp³-hybridized carbons (Fsp3) is 0. The summed E-state index contributed by atoms with van der Waals surface area (Å²) >= 11 is 0. The number of nitrogens with zero attached hydrogens (tertiary/aromatic N) is 4. The van der Waals surface area contributed by atoms with Crippen LogP contribution >= 0.6 is 0 Å². The highest BCUT2D eigenvalue weighted by Gasteiger charge is 2.19. The molecule has 0 radical (unpaired) electrons. The maximum absolute atomic E-state index is 6.20. The van der Waals surface area contributed by atoms with Gasteiger partial charge in [0.1, 0.15) is 16.7 Å². The van der Waals surface area contributed by atoms with Crippen molar-refractivity contribution in [2.45, 2.75) is 0 Å². The van der Waals surface area contributed by atoms with E-state index in [-0.39, 0.29) is 0 Å². The van der Waals surface area contributed by atoms with Gasteiger partial charge in [-0.1, -0.05) is 109 Å². The summed E-state index contributed by atoms with van der Waals surface area (Å²) in [6.45, 7) is 0.